The topological polar surface area (TPSA) is 44.4 Å². The van der Waals surface area contributed by atoms with Crippen molar-refractivity contribution in [3.8, 4) is 0 Å². The second-order valence-corrected chi connectivity index (χ2v) is 5.01. The third kappa shape index (κ3) is 3.62. The Hall–Kier alpha value is -1.26. The maximum atomic E-state index is 12.1. The number of carbonyl (C=O) groups excluding carboxylic acids is 1. The van der Waals surface area contributed by atoms with E-state index in [1.807, 2.05) is 17.0 Å². The van der Waals surface area contributed by atoms with E-state index in [1.165, 1.54) is 0 Å². The van der Waals surface area contributed by atoms with Gasteiger partial charge in [-0.2, -0.15) is 0 Å². The first-order valence-corrected chi connectivity index (χ1v) is 6.58. The highest BCUT2D eigenvalue weighted by molar-refractivity contribution is 6.30. The fraction of sp³-hybridized carbons (Fsp3) is 0.462. The molecule has 0 radical (unpaired) electrons. The number of amides is 2. The average Bonchev–Trinajstić information content (AvgIpc) is 2.54. The van der Waals surface area contributed by atoms with Crippen LogP contribution in [-0.4, -0.2) is 36.6 Å². The Bertz CT molecular complexity index is 424. The SMILES string of the molecule is CC1CCN(C(=O)Nc2cccc(Cl)c2)CCN1. The molecule has 0 aromatic heterocycles. The Kier molecular flexibility index (Phi) is 4.44. The molecule has 0 saturated carbocycles. The minimum atomic E-state index is -0.0619. The smallest absolute Gasteiger partial charge is 0.321 e. The number of anilines is 1. The summed E-state index contributed by atoms with van der Waals surface area (Å²) in [6.07, 6.45) is 0.975. The van der Waals surface area contributed by atoms with Crippen LogP contribution in [0.1, 0.15) is 13.3 Å². The third-order valence-electron chi connectivity index (χ3n) is 3.07. The summed E-state index contributed by atoms with van der Waals surface area (Å²) in [6, 6.07) is 7.60. The molecule has 1 saturated heterocycles. The van der Waals surface area contributed by atoms with E-state index in [2.05, 4.69) is 17.6 Å². The summed E-state index contributed by atoms with van der Waals surface area (Å²) < 4.78 is 0. The van der Waals surface area contributed by atoms with Crippen LogP contribution in [0.3, 0.4) is 0 Å². The van der Waals surface area contributed by atoms with Crippen LogP contribution in [0.15, 0.2) is 24.3 Å². The van der Waals surface area contributed by atoms with Crippen LogP contribution in [0.25, 0.3) is 0 Å². The molecule has 2 rings (SSSR count). The van der Waals surface area contributed by atoms with Crippen LogP contribution >= 0.6 is 11.6 Å². The average molecular weight is 268 g/mol. The maximum absolute atomic E-state index is 12.1. The molecule has 1 aromatic carbocycles. The van der Waals surface area contributed by atoms with Crippen molar-refractivity contribution in [1.29, 1.82) is 0 Å². The van der Waals surface area contributed by atoms with Gasteiger partial charge in [-0.3, -0.25) is 0 Å². The quantitative estimate of drug-likeness (QED) is 0.821. The normalized spacial score (nSPS) is 20.3. The molecule has 4 nitrogen and oxygen atoms in total. The number of nitrogens with one attached hydrogen (secondary N) is 2. The first kappa shape index (κ1) is 13.2. The lowest BCUT2D eigenvalue weighted by Gasteiger charge is -2.20. The van der Waals surface area contributed by atoms with E-state index in [-0.39, 0.29) is 6.03 Å². The number of hydrogen-bond acceptors (Lipinski definition) is 2. The zero-order valence-corrected chi connectivity index (χ0v) is 11.2. The van der Waals surface area contributed by atoms with E-state index in [4.69, 9.17) is 11.6 Å². The van der Waals surface area contributed by atoms with Crippen molar-refractivity contribution in [3.63, 3.8) is 0 Å². The summed E-state index contributed by atoms with van der Waals surface area (Å²) in [5.41, 5.74) is 0.734. The lowest BCUT2D eigenvalue weighted by atomic mass is 10.2. The van der Waals surface area contributed by atoms with Crippen LogP contribution in [0, 0.1) is 0 Å². The fourth-order valence-corrected chi connectivity index (χ4v) is 2.17. The van der Waals surface area contributed by atoms with Crippen molar-refractivity contribution in [2.75, 3.05) is 25.0 Å². The molecular weight excluding hydrogens is 250 g/mol. The highest BCUT2D eigenvalue weighted by Crippen LogP contribution is 2.15. The first-order chi connectivity index (χ1) is 8.65. The van der Waals surface area contributed by atoms with Gasteiger partial charge in [-0.1, -0.05) is 17.7 Å². The number of rotatable bonds is 1. The van der Waals surface area contributed by atoms with Gasteiger partial charge >= 0.3 is 6.03 Å². The molecule has 98 valence electrons. The van der Waals surface area contributed by atoms with E-state index < -0.39 is 0 Å². The van der Waals surface area contributed by atoms with Gasteiger partial charge in [-0.15, -0.1) is 0 Å². The van der Waals surface area contributed by atoms with E-state index >= 15 is 0 Å². The number of urea groups is 1. The first-order valence-electron chi connectivity index (χ1n) is 6.20. The van der Waals surface area contributed by atoms with Crippen molar-refractivity contribution in [1.82, 2.24) is 10.2 Å². The monoisotopic (exact) mass is 267 g/mol. The molecule has 1 fully saturated rings. The highest BCUT2D eigenvalue weighted by Gasteiger charge is 2.17. The predicted octanol–water partition coefficient (Wildman–Crippen LogP) is 2.56. The lowest BCUT2D eigenvalue weighted by Crippen LogP contribution is -2.37. The van der Waals surface area contributed by atoms with Gasteiger partial charge in [-0.25, -0.2) is 4.79 Å². The van der Waals surface area contributed by atoms with Crippen LogP contribution in [0.2, 0.25) is 5.02 Å². The van der Waals surface area contributed by atoms with E-state index in [9.17, 15) is 4.79 Å². The molecule has 0 spiro atoms. The van der Waals surface area contributed by atoms with E-state index in [0.29, 0.717) is 11.1 Å². The zero-order valence-electron chi connectivity index (χ0n) is 10.4. The summed E-state index contributed by atoms with van der Waals surface area (Å²) >= 11 is 5.88. The standard InChI is InChI=1S/C13H18ClN3O/c1-10-5-7-17(8-6-15-10)13(18)16-12-4-2-3-11(14)9-12/h2-4,9-10,15H,5-8H2,1H3,(H,16,18). The molecule has 1 atom stereocenters. The second-order valence-electron chi connectivity index (χ2n) is 4.57. The fourth-order valence-electron chi connectivity index (χ4n) is 1.98. The molecule has 1 heterocycles. The predicted molar refractivity (Wildman–Crippen MR) is 74.1 cm³/mol. The molecule has 2 amide bonds. The van der Waals surface area contributed by atoms with E-state index in [1.54, 1.807) is 12.1 Å². The van der Waals surface area contributed by atoms with Crippen molar-refractivity contribution < 1.29 is 4.79 Å². The Labute approximate surface area is 112 Å². The second kappa shape index (κ2) is 6.07. The molecule has 1 aromatic rings. The van der Waals surface area contributed by atoms with Crippen LogP contribution in [-0.2, 0) is 0 Å². The van der Waals surface area contributed by atoms with Gasteiger partial charge in [0.05, 0.1) is 0 Å². The van der Waals surface area contributed by atoms with Gasteiger partial charge in [0.25, 0.3) is 0 Å². The van der Waals surface area contributed by atoms with Gasteiger partial charge in [0, 0.05) is 36.4 Å². The van der Waals surface area contributed by atoms with Crippen LogP contribution in [0.4, 0.5) is 10.5 Å². The number of halogens is 1. The van der Waals surface area contributed by atoms with Gasteiger partial charge < -0.3 is 15.5 Å². The lowest BCUT2D eigenvalue weighted by molar-refractivity contribution is 0.215. The third-order valence-corrected chi connectivity index (χ3v) is 3.30. The van der Waals surface area contributed by atoms with Gasteiger partial charge in [0.15, 0.2) is 0 Å². The summed E-state index contributed by atoms with van der Waals surface area (Å²) in [7, 11) is 0. The molecule has 18 heavy (non-hydrogen) atoms. The van der Waals surface area contributed by atoms with E-state index in [0.717, 1.165) is 31.7 Å². The van der Waals surface area contributed by atoms with Crippen molar-refractivity contribution in [3.05, 3.63) is 29.3 Å². The largest absolute Gasteiger partial charge is 0.323 e. The maximum Gasteiger partial charge on any atom is 0.321 e. The summed E-state index contributed by atoms with van der Waals surface area (Å²) in [4.78, 5) is 13.9. The Balaban J connectivity index is 1.95. The Morgan fingerprint density at radius 3 is 3.11 bits per heavy atom. The van der Waals surface area contributed by atoms with Crippen LogP contribution < -0.4 is 10.6 Å². The molecule has 1 unspecified atom stereocenters. The molecule has 2 N–H and O–H groups in total. The number of carbonyl (C=O) groups is 1. The van der Waals surface area contributed by atoms with Gasteiger partial charge in [-0.05, 0) is 31.5 Å². The Morgan fingerprint density at radius 1 is 1.50 bits per heavy atom. The van der Waals surface area contributed by atoms with Crippen LogP contribution in [0.5, 0.6) is 0 Å². The Morgan fingerprint density at radius 2 is 2.33 bits per heavy atom. The molecule has 0 bridgehead atoms. The molecule has 0 aliphatic carbocycles. The molecule has 1 aliphatic rings. The van der Waals surface area contributed by atoms with Crippen molar-refractivity contribution >= 4 is 23.3 Å². The molecule has 1 aliphatic heterocycles. The zero-order chi connectivity index (χ0) is 13.0. The summed E-state index contributed by atoms with van der Waals surface area (Å²) in [5, 5.41) is 6.85. The minimum Gasteiger partial charge on any atom is -0.323 e. The number of benzene rings is 1. The molecular formula is C13H18ClN3O. The molecule has 5 heteroatoms. The minimum absolute atomic E-state index is 0.0619. The number of hydrogen-bond donors (Lipinski definition) is 2. The number of nitrogens with zero attached hydrogens (tertiary/aromatic N) is 1. The summed E-state index contributed by atoms with van der Waals surface area (Å²) in [5.74, 6) is 0. The van der Waals surface area contributed by atoms with Gasteiger partial charge in [0.2, 0.25) is 0 Å². The van der Waals surface area contributed by atoms with Crippen molar-refractivity contribution in [2.24, 2.45) is 0 Å². The van der Waals surface area contributed by atoms with Gasteiger partial charge in [0.1, 0.15) is 0 Å². The highest BCUT2D eigenvalue weighted by atomic mass is 35.5. The van der Waals surface area contributed by atoms with Crippen molar-refractivity contribution in [2.45, 2.75) is 19.4 Å². The summed E-state index contributed by atoms with van der Waals surface area (Å²) in [6.45, 7) is 4.49.